The summed E-state index contributed by atoms with van der Waals surface area (Å²) in [5.74, 6) is -2.03. The molecule has 0 spiro atoms. The van der Waals surface area contributed by atoms with Gasteiger partial charge in [0, 0.05) is 19.5 Å². The van der Waals surface area contributed by atoms with Crippen molar-refractivity contribution in [3.63, 3.8) is 0 Å². The van der Waals surface area contributed by atoms with Crippen molar-refractivity contribution in [1.82, 2.24) is 20.9 Å². The average molecular weight is 653 g/mol. The van der Waals surface area contributed by atoms with Crippen LogP contribution in [0.1, 0.15) is 90.5 Å². The largest absolute Gasteiger partial charge is 0.494 e. The summed E-state index contributed by atoms with van der Waals surface area (Å²) in [6, 6.07) is 4.67. The topological polar surface area (TPSA) is 143 Å². The fourth-order valence-electron chi connectivity index (χ4n) is 6.99. The van der Waals surface area contributed by atoms with Crippen molar-refractivity contribution >= 4 is 29.4 Å². The average Bonchev–Trinajstić information content (AvgIpc) is 3.47. The first-order valence-electron chi connectivity index (χ1n) is 17.2. The van der Waals surface area contributed by atoms with Crippen LogP contribution in [0.3, 0.4) is 0 Å². The lowest BCUT2D eigenvalue weighted by Crippen LogP contribution is -2.58. The number of rotatable bonds is 9. The molecule has 1 aromatic carbocycles. The van der Waals surface area contributed by atoms with Gasteiger partial charge in [-0.2, -0.15) is 0 Å². The van der Waals surface area contributed by atoms with E-state index in [-0.39, 0.29) is 50.1 Å². The van der Waals surface area contributed by atoms with E-state index in [1.54, 1.807) is 0 Å². The summed E-state index contributed by atoms with van der Waals surface area (Å²) in [6.45, 7) is 10.2. The van der Waals surface area contributed by atoms with Crippen molar-refractivity contribution < 1.29 is 33.4 Å². The van der Waals surface area contributed by atoms with Gasteiger partial charge in [0.25, 0.3) is 5.91 Å². The SMILES string of the molecule is C=CCNC(=O)C(=O)[C@H](CCC)NC(=O)C1C[C@@H]2CN1C(=O)[C@@H](C1CCCCC1)NC(=O)Cc1cccc(c1)OCCCC(C)(C)O2. The number of nitrogens with one attached hydrogen (secondary N) is 3. The maximum atomic E-state index is 14.5. The second-order valence-electron chi connectivity index (χ2n) is 13.7. The van der Waals surface area contributed by atoms with E-state index in [9.17, 15) is 24.0 Å². The highest BCUT2D eigenvalue weighted by molar-refractivity contribution is 6.38. The maximum absolute atomic E-state index is 14.5. The maximum Gasteiger partial charge on any atom is 0.289 e. The Morgan fingerprint density at radius 3 is 2.64 bits per heavy atom. The number of nitrogens with zero attached hydrogens (tertiary/aromatic N) is 1. The molecule has 4 bridgehead atoms. The molecule has 1 saturated heterocycles. The van der Waals surface area contributed by atoms with E-state index in [4.69, 9.17) is 9.47 Å². The molecule has 4 amide bonds. The second-order valence-corrected chi connectivity index (χ2v) is 13.7. The van der Waals surface area contributed by atoms with Gasteiger partial charge in [-0.3, -0.25) is 24.0 Å². The zero-order chi connectivity index (χ0) is 34.0. The first kappa shape index (κ1) is 36.1. The molecule has 1 unspecified atom stereocenters. The number of hydrogen-bond acceptors (Lipinski definition) is 7. The molecular weight excluding hydrogens is 600 g/mol. The van der Waals surface area contributed by atoms with Crippen LogP contribution in [-0.2, 0) is 35.1 Å². The number of benzene rings is 1. The molecule has 2 aliphatic heterocycles. The molecule has 0 aromatic heterocycles. The third-order valence-electron chi connectivity index (χ3n) is 9.33. The van der Waals surface area contributed by atoms with Crippen molar-refractivity contribution in [2.45, 2.75) is 121 Å². The molecule has 4 rings (SSSR count). The lowest BCUT2D eigenvalue weighted by molar-refractivity contribution is -0.144. The smallest absolute Gasteiger partial charge is 0.289 e. The highest BCUT2D eigenvalue weighted by Gasteiger charge is 2.46. The van der Waals surface area contributed by atoms with Crippen LogP contribution < -0.4 is 20.7 Å². The van der Waals surface area contributed by atoms with Gasteiger partial charge in [-0.25, -0.2) is 0 Å². The predicted octanol–water partition coefficient (Wildman–Crippen LogP) is 3.39. The van der Waals surface area contributed by atoms with Crippen LogP contribution in [0.5, 0.6) is 5.75 Å². The molecule has 3 aliphatic rings. The van der Waals surface area contributed by atoms with Crippen molar-refractivity contribution in [2.75, 3.05) is 19.7 Å². The molecule has 11 nitrogen and oxygen atoms in total. The van der Waals surface area contributed by atoms with Crippen molar-refractivity contribution in [3.05, 3.63) is 42.5 Å². The summed E-state index contributed by atoms with van der Waals surface area (Å²) in [5.41, 5.74) is 0.218. The Kier molecular flexibility index (Phi) is 13.0. The molecule has 258 valence electrons. The van der Waals surface area contributed by atoms with Gasteiger partial charge in [0.05, 0.1) is 30.8 Å². The fourth-order valence-corrected chi connectivity index (χ4v) is 6.99. The summed E-state index contributed by atoms with van der Waals surface area (Å²) in [5, 5.41) is 8.33. The van der Waals surface area contributed by atoms with Gasteiger partial charge < -0.3 is 30.3 Å². The number of hydrogen-bond donors (Lipinski definition) is 3. The number of ketones is 1. The van der Waals surface area contributed by atoms with Gasteiger partial charge in [0.2, 0.25) is 23.5 Å². The first-order chi connectivity index (χ1) is 22.5. The zero-order valence-electron chi connectivity index (χ0n) is 28.2. The highest BCUT2D eigenvalue weighted by Crippen LogP contribution is 2.32. The minimum absolute atomic E-state index is 0.0694. The molecule has 1 aromatic rings. The third kappa shape index (κ3) is 10.1. The Bertz CT molecular complexity index is 1290. The molecule has 3 N–H and O–H groups in total. The Labute approximate surface area is 278 Å². The van der Waals surface area contributed by atoms with Crippen molar-refractivity contribution in [3.8, 4) is 5.75 Å². The minimum Gasteiger partial charge on any atom is -0.494 e. The van der Waals surface area contributed by atoms with Crippen LogP contribution in [0, 0.1) is 5.92 Å². The fraction of sp³-hybridized carbons (Fsp3) is 0.639. The molecule has 47 heavy (non-hydrogen) atoms. The number of amides is 4. The highest BCUT2D eigenvalue weighted by atomic mass is 16.5. The molecule has 11 heteroatoms. The zero-order valence-corrected chi connectivity index (χ0v) is 28.2. The summed E-state index contributed by atoms with van der Waals surface area (Å²) >= 11 is 0. The van der Waals surface area contributed by atoms with E-state index >= 15 is 0 Å². The second kappa shape index (κ2) is 16.9. The van der Waals surface area contributed by atoms with Crippen LogP contribution in [0.2, 0.25) is 0 Å². The molecular formula is C36H52N4O7. The van der Waals surface area contributed by atoms with Crippen LogP contribution in [-0.4, -0.2) is 83.8 Å². The number of carbonyl (C=O) groups excluding carboxylic acids is 5. The van der Waals surface area contributed by atoms with Gasteiger partial charge in [0.15, 0.2) is 0 Å². The van der Waals surface area contributed by atoms with Gasteiger partial charge in [-0.1, -0.05) is 50.8 Å². The van der Waals surface area contributed by atoms with E-state index in [0.29, 0.717) is 25.2 Å². The number of Topliss-reactive ketones (excluding diaryl/α,β-unsaturated/α-hetero) is 1. The van der Waals surface area contributed by atoms with E-state index in [1.165, 1.54) is 11.0 Å². The Morgan fingerprint density at radius 1 is 1.15 bits per heavy atom. The van der Waals surface area contributed by atoms with Crippen LogP contribution >= 0.6 is 0 Å². The Hall–Kier alpha value is -3.73. The van der Waals surface area contributed by atoms with Crippen LogP contribution in [0.15, 0.2) is 36.9 Å². The van der Waals surface area contributed by atoms with Gasteiger partial charge >= 0.3 is 0 Å². The van der Waals surface area contributed by atoms with Crippen LogP contribution in [0.4, 0.5) is 0 Å². The lowest BCUT2D eigenvalue weighted by Gasteiger charge is -2.35. The summed E-state index contributed by atoms with van der Waals surface area (Å²) in [4.78, 5) is 69.0. The predicted molar refractivity (Wildman–Crippen MR) is 178 cm³/mol. The van der Waals surface area contributed by atoms with Crippen LogP contribution in [0.25, 0.3) is 0 Å². The molecule has 2 heterocycles. The summed E-state index contributed by atoms with van der Waals surface area (Å²) in [7, 11) is 0. The van der Waals surface area contributed by atoms with Gasteiger partial charge in [-0.15, -0.1) is 6.58 Å². The Balaban J connectivity index is 1.64. The van der Waals surface area contributed by atoms with Gasteiger partial charge in [-0.05, 0) is 69.6 Å². The molecule has 4 atom stereocenters. The molecule has 1 saturated carbocycles. The molecule has 1 aliphatic carbocycles. The van der Waals surface area contributed by atoms with Gasteiger partial charge in [0.1, 0.15) is 17.8 Å². The van der Waals surface area contributed by atoms with Crippen molar-refractivity contribution in [2.24, 2.45) is 5.92 Å². The summed E-state index contributed by atoms with van der Waals surface area (Å²) < 4.78 is 12.5. The lowest BCUT2D eigenvalue weighted by atomic mass is 9.83. The standard InChI is InChI=1S/C36H52N4O7/c1-5-12-28(32(42)34(44)37-18-6-2)38-33(43)29-22-27-23-40(29)35(45)31(25-14-8-7-9-15-25)39-30(41)21-24-13-10-16-26(20-24)46-19-11-17-36(3,4)47-27/h6,10,13,16,20,25,27-29,31H,2,5,7-9,11-12,14-15,17-19,21-23H2,1,3-4H3,(H,37,44)(H,38,43)(H,39,41)/t27-,28+,29?,31-/m1/s1. The minimum atomic E-state index is -1.04. The number of carbonyl (C=O) groups is 5. The molecule has 0 radical (unpaired) electrons. The first-order valence-corrected chi connectivity index (χ1v) is 17.2. The summed E-state index contributed by atoms with van der Waals surface area (Å²) in [6.07, 6.45) is 8.15. The van der Waals surface area contributed by atoms with E-state index in [0.717, 1.165) is 44.1 Å². The Morgan fingerprint density at radius 2 is 1.91 bits per heavy atom. The number of ether oxygens (including phenoxy) is 2. The van der Waals surface area contributed by atoms with Crippen molar-refractivity contribution in [1.29, 1.82) is 0 Å². The monoisotopic (exact) mass is 652 g/mol. The third-order valence-corrected chi connectivity index (χ3v) is 9.33. The quantitative estimate of drug-likeness (QED) is 0.274. The number of fused-ring (bicyclic) bond motifs is 4. The van der Waals surface area contributed by atoms with E-state index in [1.807, 2.05) is 45.0 Å². The normalized spacial score (nSPS) is 24.7. The van der Waals surface area contributed by atoms with E-state index < -0.39 is 47.4 Å². The molecule has 2 fully saturated rings. The van der Waals surface area contributed by atoms with E-state index in [2.05, 4.69) is 22.5 Å².